The van der Waals surface area contributed by atoms with E-state index < -0.39 is 0 Å². The second kappa shape index (κ2) is 18.0. The summed E-state index contributed by atoms with van der Waals surface area (Å²) in [5.74, 6) is 0. The first kappa shape index (κ1) is 35.4. The van der Waals surface area contributed by atoms with Crippen LogP contribution >= 0.6 is 0 Å². The summed E-state index contributed by atoms with van der Waals surface area (Å²) in [5, 5.41) is 0. The third kappa shape index (κ3) is 8.61. The van der Waals surface area contributed by atoms with Crippen LogP contribution in [0, 0.1) is 0 Å². The maximum atomic E-state index is 12.0. The molecule has 228 valence electrons. The molecule has 2 aromatic carbocycles. The zero-order valence-corrected chi connectivity index (χ0v) is 28.8. The molecule has 2 aromatic rings. The van der Waals surface area contributed by atoms with Crippen molar-refractivity contribution in [3.8, 4) is 0 Å². The van der Waals surface area contributed by atoms with Crippen molar-refractivity contribution in [3.63, 3.8) is 0 Å². The summed E-state index contributed by atoms with van der Waals surface area (Å²) in [6.45, 7) is 16.0. The first-order valence-corrected chi connectivity index (χ1v) is 16.7. The van der Waals surface area contributed by atoms with Crippen molar-refractivity contribution in [1.82, 2.24) is 0 Å². The average Bonchev–Trinajstić information content (AvgIpc) is 3.27. The predicted octanol–water partition coefficient (Wildman–Crippen LogP) is 11.4. The summed E-state index contributed by atoms with van der Waals surface area (Å²) >= 11 is 0. The van der Waals surface area contributed by atoms with Gasteiger partial charge in [-0.2, -0.15) is 0 Å². The minimum atomic E-state index is 0. The maximum Gasteiger partial charge on any atom is 0.210 e. The van der Waals surface area contributed by atoms with Gasteiger partial charge in [-0.1, -0.05) is 93.4 Å². The molecule has 0 N–H and O–H groups in total. The molecule has 0 fully saturated rings. The average molecular weight is 647 g/mol. The van der Waals surface area contributed by atoms with E-state index >= 15 is 0 Å². The molecule has 0 aromatic heterocycles. The molecule has 0 radical (unpaired) electrons. The fourth-order valence-corrected chi connectivity index (χ4v) is 6.61. The molecule has 1 aliphatic rings. The molecule has 0 amide bonds. The molecule has 0 bridgehead atoms. The predicted molar refractivity (Wildman–Crippen MR) is 175 cm³/mol. The van der Waals surface area contributed by atoms with Gasteiger partial charge < -0.3 is 5.53 Å². The van der Waals surface area contributed by atoms with E-state index in [1.807, 2.05) is 0 Å². The molecule has 0 spiro atoms. The van der Waals surface area contributed by atoms with E-state index in [2.05, 4.69) is 78.8 Å². The molecule has 1 aliphatic heterocycles. The SMILES string of the molecule is CCCCC1=C(c2cc(CCC)c(CCC)c(CCC)c2)[N+](=[N-])C(c2cc(CCC)c(CCC)c(CCC)c2)=C1.[Pd]. The Kier molecular flexibility index (Phi) is 15.5. The molecule has 0 saturated heterocycles. The van der Waals surface area contributed by atoms with Crippen LogP contribution in [0.15, 0.2) is 35.9 Å². The van der Waals surface area contributed by atoms with Gasteiger partial charge in [-0.05, 0) is 109 Å². The molecule has 2 nitrogen and oxygen atoms in total. The molecule has 3 heteroatoms. The zero-order valence-electron chi connectivity index (χ0n) is 27.2. The first-order valence-electron chi connectivity index (χ1n) is 16.7. The van der Waals surface area contributed by atoms with Gasteiger partial charge in [-0.3, -0.25) is 0 Å². The van der Waals surface area contributed by atoms with Crippen molar-refractivity contribution in [2.45, 2.75) is 145 Å². The van der Waals surface area contributed by atoms with Crippen molar-refractivity contribution in [2.75, 3.05) is 0 Å². The van der Waals surface area contributed by atoms with Crippen molar-refractivity contribution in [2.24, 2.45) is 0 Å². The van der Waals surface area contributed by atoms with Gasteiger partial charge >= 0.3 is 0 Å². The molecule has 41 heavy (non-hydrogen) atoms. The Labute approximate surface area is 266 Å². The summed E-state index contributed by atoms with van der Waals surface area (Å²) in [6.07, 6.45) is 19.2. The van der Waals surface area contributed by atoms with E-state index in [1.165, 1.54) is 51.8 Å². The number of rotatable bonds is 17. The summed E-state index contributed by atoms with van der Waals surface area (Å²) in [4.78, 5) is 0. The second-order valence-electron chi connectivity index (χ2n) is 11.9. The van der Waals surface area contributed by atoms with Crippen LogP contribution < -0.4 is 0 Å². The molecule has 0 aliphatic carbocycles. The van der Waals surface area contributed by atoms with E-state index in [0.717, 1.165) is 94.9 Å². The van der Waals surface area contributed by atoms with Crippen molar-refractivity contribution >= 4 is 11.4 Å². The smallest absolute Gasteiger partial charge is 0.210 e. The Bertz CT molecular complexity index is 1160. The van der Waals surface area contributed by atoms with Crippen molar-refractivity contribution in [1.29, 1.82) is 0 Å². The van der Waals surface area contributed by atoms with Crippen LogP contribution in [-0.4, -0.2) is 4.70 Å². The van der Waals surface area contributed by atoms with Gasteiger partial charge in [0.1, 0.15) is 0 Å². The monoisotopic (exact) mass is 646 g/mol. The largest absolute Gasteiger partial charge is 0.493 e. The molecule has 0 saturated carbocycles. The maximum absolute atomic E-state index is 12.0. The van der Waals surface area contributed by atoms with Crippen LogP contribution in [0.25, 0.3) is 16.9 Å². The molecule has 1 heterocycles. The van der Waals surface area contributed by atoms with Crippen LogP contribution in [0.5, 0.6) is 0 Å². The van der Waals surface area contributed by atoms with E-state index in [-0.39, 0.29) is 20.4 Å². The summed E-state index contributed by atoms with van der Waals surface area (Å²) in [6, 6.07) is 9.59. The van der Waals surface area contributed by atoms with Gasteiger partial charge in [0.2, 0.25) is 11.4 Å². The third-order valence-electron chi connectivity index (χ3n) is 8.37. The third-order valence-corrected chi connectivity index (χ3v) is 8.37. The fraction of sp³-hybridized carbons (Fsp3) is 0.579. The van der Waals surface area contributed by atoms with Crippen LogP contribution in [0.4, 0.5) is 0 Å². The van der Waals surface area contributed by atoms with Gasteiger partial charge in [0.25, 0.3) is 0 Å². The Balaban J connectivity index is 0.00000588. The van der Waals surface area contributed by atoms with E-state index in [9.17, 15) is 5.53 Å². The number of allylic oxidation sites excluding steroid dienone is 2. The minimum Gasteiger partial charge on any atom is -0.493 e. The number of aryl methyl sites for hydroxylation is 4. The van der Waals surface area contributed by atoms with Gasteiger partial charge in [0.05, 0.1) is 0 Å². The number of nitrogens with zero attached hydrogens (tertiary/aromatic N) is 2. The molecular weight excluding hydrogens is 591 g/mol. The topological polar surface area (TPSA) is 25.3 Å². The molecule has 0 atom stereocenters. The van der Waals surface area contributed by atoms with Crippen LogP contribution in [0.1, 0.15) is 151 Å². The molecule has 3 rings (SSSR count). The fourth-order valence-electron chi connectivity index (χ4n) is 6.61. The number of hydrogen-bond acceptors (Lipinski definition) is 0. The van der Waals surface area contributed by atoms with Crippen LogP contribution in [0.3, 0.4) is 0 Å². The van der Waals surface area contributed by atoms with Gasteiger partial charge in [-0.25, -0.2) is 4.70 Å². The van der Waals surface area contributed by atoms with E-state index in [1.54, 1.807) is 15.8 Å². The first-order chi connectivity index (χ1) is 19.5. The number of unbranched alkanes of at least 4 members (excludes halogenated alkanes) is 1. The van der Waals surface area contributed by atoms with Crippen molar-refractivity contribution < 1.29 is 25.1 Å². The number of benzene rings is 2. The molecular formula is C38H56N2Pd. The standard InChI is InChI=1S/C38H56N2.Pd/c1-8-15-22-32-27-37(33-23-28(16-9-2)35(20-13-6)29(24-33)17-10-3)40(39)38(32)34-25-30(18-11-4)36(21-14-7)31(26-34)19-12-5;/h23-27H,8-22H2,1-7H3;. The van der Waals surface area contributed by atoms with Crippen LogP contribution in [0.2, 0.25) is 0 Å². The molecule has 0 unspecified atom stereocenters. The summed E-state index contributed by atoms with van der Waals surface area (Å²) < 4.78 is 1.55. The Hall–Kier alpha value is -1.82. The number of hydrogen-bond donors (Lipinski definition) is 0. The second-order valence-corrected chi connectivity index (χ2v) is 11.9. The Morgan fingerprint density at radius 1 is 0.512 bits per heavy atom. The van der Waals surface area contributed by atoms with Crippen molar-refractivity contribution in [3.05, 3.63) is 86.0 Å². The Morgan fingerprint density at radius 2 is 0.902 bits per heavy atom. The van der Waals surface area contributed by atoms with Gasteiger partial charge in [-0.15, -0.1) is 0 Å². The zero-order chi connectivity index (χ0) is 29.1. The Morgan fingerprint density at radius 3 is 1.27 bits per heavy atom. The normalized spacial score (nSPS) is 13.1. The summed E-state index contributed by atoms with van der Waals surface area (Å²) in [7, 11) is 0. The van der Waals surface area contributed by atoms with Crippen LogP contribution in [-0.2, 0) is 58.9 Å². The van der Waals surface area contributed by atoms with Gasteiger partial charge in [0.15, 0.2) is 0 Å². The summed E-state index contributed by atoms with van der Waals surface area (Å²) in [5.41, 5.74) is 26.6. The minimum absolute atomic E-state index is 0. The van der Waals surface area contributed by atoms with E-state index in [0.29, 0.717) is 0 Å². The quantitative estimate of drug-likeness (QED) is 0.121. The van der Waals surface area contributed by atoms with E-state index in [4.69, 9.17) is 0 Å². The van der Waals surface area contributed by atoms with Gasteiger partial charge in [0, 0.05) is 43.2 Å².